The van der Waals surface area contributed by atoms with Crippen molar-refractivity contribution < 1.29 is 9.53 Å². The third-order valence-corrected chi connectivity index (χ3v) is 5.87. The van der Waals surface area contributed by atoms with Crippen LogP contribution in [0.2, 0.25) is 0 Å². The maximum absolute atomic E-state index is 12.5. The summed E-state index contributed by atoms with van der Waals surface area (Å²) in [5, 5.41) is 3.14. The van der Waals surface area contributed by atoms with Gasteiger partial charge in [-0.2, -0.15) is 0 Å². The molecule has 0 spiro atoms. The lowest BCUT2D eigenvalue weighted by atomic mass is 9.97. The molecular weight excluding hydrogens is 302 g/mol. The van der Waals surface area contributed by atoms with Crippen LogP contribution in [0.3, 0.4) is 0 Å². The van der Waals surface area contributed by atoms with Gasteiger partial charge >= 0.3 is 6.03 Å². The molecule has 136 valence electrons. The van der Waals surface area contributed by atoms with Gasteiger partial charge in [-0.25, -0.2) is 4.79 Å². The topological polar surface area (TPSA) is 44.8 Å². The molecule has 0 bridgehead atoms. The molecule has 0 unspecified atom stereocenters. The molecule has 24 heavy (non-hydrogen) atoms. The summed E-state index contributed by atoms with van der Waals surface area (Å²) in [4.78, 5) is 17.2. The van der Waals surface area contributed by atoms with E-state index in [-0.39, 0.29) is 12.1 Å². The molecule has 3 rings (SSSR count). The van der Waals surface area contributed by atoms with Crippen molar-refractivity contribution in [1.29, 1.82) is 0 Å². The molecule has 2 heterocycles. The predicted molar refractivity (Wildman–Crippen MR) is 96.1 cm³/mol. The molecular formula is C19H33N3O2. The smallest absolute Gasteiger partial charge is 0.317 e. The van der Waals surface area contributed by atoms with Gasteiger partial charge in [-0.3, -0.25) is 4.90 Å². The van der Waals surface area contributed by atoms with Crippen molar-refractivity contribution in [2.75, 3.05) is 39.3 Å². The lowest BCUT2D eigenvalue weighted by Crippen LogP contribution is -2.45. The predicted octanol–water partition coefficient (Wildman–Crippen LogP) is 2.63. The second-order valence-corrected chi connectivity index (χ2v) is 7.69. The molecule has 0 aromatic heterocycles. The molecule has 1 aliphatic carbocycles. The minimum atomic E-state index is 0.0932. The molecule has 1 N–H and O–H groups in total. The van der Waals surface area contributed by atoms with Crippen LogP contribution in [-0.2, 0) is 4.74 Å². The Kier molecular flexibility index (Phi) is 6.17. The summed E-state index contributed by atoms with van der Waals surface area (Å²) in [6, 6.07) is 0.857. The number of urea groups is 1. The van der Waals surface area contributed by atoms with Gasteiger partial charge in [0.05, 0.1) is 6.10 Å². The molecule has 2 saturated heterocycles. The number of rotatable bonds is 4. The summed E-state index contributed by atoms with van der Waals surface area (Å²) < 4.78 is 5.72. The Bertz CT molecular complexity index is 448. The van der Waals surface area contributed by atoms with Crippen LogP contribution in [0.4, 0.5) is 4.79 Å². The van der Waals surface area contributed by atoms with Crippen molar-refractivity contribution in [2.45, 2.75) is 57.6 Å². The van der Waals surface area contributed by atoms with Gasteiger partial charge in [-0.1, -0.05) is 25.0 Å². The maximum atomic E-state index is 12.5. The molecule has 1 saturated carbocycles. The van der Waals surface area contributed by atoms with E-state index in [9.17, 15) is 4.79 Å². The number of ether oxygens (including phenoxy) is 1. The van der Waals surface area contributed by atoms with Crippen LogP contribution in [0, 0.1) is 5.92 Å². The van der Waals surface area contributed by atoms with E-state index in [4.69, 9.17) is 4.74 Å². The van der Waals surface area contributed by atoms with Crippen LogP contribution in [0.5, 0.6) is 0 Å². The Morgan fingerprint density at radius 1 is 1.12 bits per heavy atom. The SMILES string of the molecule is C=C(C)[C@H]1OCC[C@H]1CNC(=O)N1CCCN(C2CCCC2)CC1. The van der Waals surface area contributed by atoms with Crippen LogP contribution in [0.15, 0.2) is 12.2 Å². The highest BCUT2D eigenvalue weighted by atomic mass is 16.5. The second kappa shape index (κ2) is 8.34. The monoisotopic (exact) mass is 335 g/mol. The standard InChI is InChI=1S/C19H33N3O2/c1-15(2)18-16(8-13-24-18)14-20-19(23)22-10-5-9-21(11-12-22)17-6-3-4-7-17/h16-18H,1,3-14H2,2H3,(H,20,23)/t16-,18+/m0/s1. The molecule has 3 fully saturated rings. The summed E-state index contributed by atoms with van der Waals surface area (Å²) >= 11 is 0. The fourth-order valence-corrected chi connectivity index (χ4v) is 4.49. The van der Waals surface area contributed by atoms with Crippen molar-refractivity contribution in [3.63, 3.8) is 0 Å². The van der Waals surface area contributed by atoms with E-state index in [0.717, 1.165) is 57.2 Å². The third-order valence-electron chi connectivity index (χ3n) is 5.87. The van der Waals surface area contributed by atoms with Gasteiger partial charge in [-0.15, -0.1) is 0 Å². The summed E-state index contributed by atoms with van der Waals surface area (Å²) in [5.41, 5.74) is 1.06. The van der Waals surface area contributed by atoms with Gasteiger partial charge in [0, 0.05) is 51.3 Å². The first-order valence-corrected chi connectivity index (χ1v) is 9.69. The van der Waals surface area contributed by atoms with E-state index in [1.165, 1.54) is 25.7 Å². The van der Waals surface area contributed by atoms with Crippen LogP contribution in [0.1, 0.15) is 45.4 Å². The molecule has 2 aliphatic heterocycles. The van der Waals surface area contributed by atoms with E-state index >= 15 is 0 Å². The Hall–Kier alpha value is -1.07. The zero-order valence-electron chi connectivity index (χ0n) is 15.1. The van der Waals surface area contributed by atoms with Gasteiger partial charge in [-0.05, 0) is 32.6 Å². The highest BCUT2D eigenvalue weighted by molar-refractivity contribution is 5.74. The van der Waals surface area contributed by atoms with E-state index in [2.05, 4.69) is 16.8 Å². The molecule has 5 nitrogen and oxygen atoms in total. The van der Waals surface area contributed by atoms with E-state index in [1.807, 2.05) is 11.8 Å². The van der Waals surface area contributed by atoms with E-state index in [0.29, 0.717) is 12.5 Å². The molecule has 0 aromatic carbocycles. The van der Waals surface area contributed by atoms with Crippen LogP contribution >= 0.6 is 0 Å². The summed E-state index contributed by atoms with van der Waals surface area (Å²) in [5.74, 6) is 0.369. The second-order valence-electron chi connectivity index (χ2n) is 7.69. The Labute approximate surface area is 146 Å². The maximum Gasteiger partial charge on any atom is 0.317 e. The quantitative estimate of drug-likeness (QED) is 0.803. The molecule has 0 radical (unpaired) electrons. The highest BCUT2D eigenvalue weighted by Gasteiger charge is 2.30. The van der Waals surface area contributed by atoms with Crippen molar-refractivity contribution in [2.24, 2.45) is 5.92 Å². The number of nitrogens with one attached hydrogen (secondary N) is 1. The van der Waals surface area contributed by atoms with Gasteiger partial charge in [0.2, 0.25) is 0 Å². The van der Waals surface area contributed by atoms with Gasteiger partial charge in [0.15, 0.2) is 0 Å². The van der Waals surface area contributed by atoms with Gasteiger partial charge < -0.3 is 15.0 Å². The lowest BCUT2D eigenvalue weighted by Gasteiger charge is -2.27. The van der Waals surface area contributed by atoms with Crippen LogP contribution in [0.25, 0.3) is 0 Å². The molecule has 5 heteroatoms. The molecule has 2 atom stereocenters. The number of amides is 2. The number of hydrogen-bond donors (Lipinski definition) is 1. The fraction of sp³-hybridized carbons (Fsp3) is 0.842. The summed E-state index contributed by atoms with van der Waals surface area (Å²) in [6.45, 7) is 11.4. The largest absolute Gasteiger partial charge is 0.374 e. The van der Waals surface area contributed by atoms with E-state index in [1.54, 1.807) is 0 Å². The highest BCUT2D eigenvalue weighted by Crippen LogP contribution is 2.26. The Morgan fingerprint density at radius 3 is 2.67 bits per heavy atom. The van der Waals surface area contributed by atoms with Crippen molar-refractivity contribution >= 4 is 6.03 Å². The summed E-state index contributed by atoms with van der Waals surface area (Å²) in [7, 11) is 0. The van der Waals surface area contributed by atoms with E-state index < -0.39 is 0 Å². The zero-order chi connectivity index (χ0) is 16.9. The van der Waals surface area contributed by atoms with Crippen LogP contribution < -0.4 is 5.32 Å². The molecule has 0 aromatic rings. The molecule has 2 amide bonds. The van der Waals surface area contributed by atoms with Crippen molar-refractivity contribution in [3.8, 4) is 0 Å². The first-order chi connectivity index (χ1) is 11.6. The number of hydrogen-bond acceptors (Lipinski definition) is 3. The lowest BCUT2D eigenvalue weighted by molar-refractivity contribution is 0.118. The van der Waals surface area contributed by atoms with Gasteiger partial charge in [0.25, 0.3) is 0 Å². The molecule has 3 aliphatic rings. The minimum Gasteiger partial charge on any atom is -0.374 e. The fourth-order valence-electron chi connectivity index (χ4n) is 4.49. The number of carbonyl (C=O) groups excluding carboxylic acids is 1. The average molecular weight is 335 g/mol. The average Bonchev–Trinajstić information content (AvgIpc) is 3.20. The Balaban J connectivity index is 1.44. The first-order valence-electron chi connectivity index (χ1n) is 9.69. The minimum absolute atomic E-state index is 0.0932. The van der Waals surface area contributed by atoms with Crippen molar-refractivity contribution in [1.82, 2.24) is 15.1 Å². The summed E-state index contributed by atoms with van der Waals surface area (Å²) in [6.07, 6.45) is 7.63. The number of nitrogens with zero attached hydrogens (tertiary/aromatic N) is 2. The Morgan fingerprint density at radius 2 is 1.92 bits per heavy atom. The number of carbonyl (C=O) groups is 1. The first kappa shape index (κ1) is 17.7. The van der Waals surface area contributed by atoms with Crippen LogP contribution in [-0.4, -0.2) is 67.3 Å². The normalized spacial score (nSPS) is 29.6. The third kappa shape index (κ3) is 4.31. The van der Waals surface area contributed by atoms with Crippen molar-refractivity contribution in [3.05, 3.63) is 12.2 Å². The van der Waals surface area contributed by atoms with Gasteiger partial charge in [0.1, 0.15) is 0 Å². The zero-order valence-corrected chi connectivity index (χ0v) is 15.1.